The van der Waals surface area contributed by atoms with Gasteiger partial charge in [0.1, 0.15) is 0 Å². The fourth-order valence-electron chi connectivity index (χ4n) is 3.82. The van der Waals surface area contributed by atoms with E-state index in [1.54, 1.807) is 31.2 Å². The highest BCUT2D eigenvalue weighted by Crippen LogP contribution is 2.42. The van der Waals surface area contributed by atoms with E-state index in [-0.39, 0.29) is 5.57 Å². The molecular weight excluding hydrogens is 410 g/mol. The maximum atomic E-state index is 13.5. The number of nitriles is 1. The molecule has 0 bridgehead atoms. The van der Waals surface area contributed by atoms with E-state index < -0.39 is 23.5 Å². The Bertz CT molecular complexity index is 1280. The van der Waals surface area contributed by atoms with Crippen molar-refractivity contribution in [2.75, 3.05) is 4.90 Å². The number of thiazole rings is 1. The number of nitrogens with zero attached hydrogens (tertiary/aromatic N) is 3. The van der Waals surface area contributed by atoms with Crippen molar-refractivity contribution in [3.05, 3.63) is 92.1 Å². The zero-order chi connectivity index (χ0) is 22.3. The molecule has 1 amide bonds. The van der Waals surface area contributed by atoms with Crippen LogP contribution >= 0.6 is 11.3 Å². The number of aliphatic hydroxyl groups excluding tert-OH is 1. The van der Waals surface area contributed by atoms with E-state index in [1.807, 2.05) is 44.2 Å². The van der Waals surface area contributed by atoms with Crippen molar-refractivity contribution in [2.45, 2.75) is 26.8 Å². The number of hydrogen-bond acceptors (Lipinski definition) is 6. The lowest BCUT2D eigenvalue weighted by atomic mass is 9.94. The average molecular weight is 430 g/mol. The van der Waals surface area contributed by atoms with E-state index in [0.717, 1.165) is 10.6 Å². The summed E-state index contributed by atoms with van der Waals surface area (Å²) < 4.78 is 0. The van der Waals surface area contributed by atoms with Crippen molar-refractivity contribution in [1.82, 2.24) is 4.98 Å². The van der Waals surface area contributed by atoms with Gasteiger partial charge in [-0.1, -0.05) is 29.8 Å². The molecule has 0 aliphatic carbocycles. The van der Waals surface area contributed by atoms with Crippen LogP contribution in [0.4, 0.5) is 5.69 Å². The largest absolute Gasteiger partial charge is 0.503 e. The standard InChI is InChI=1S/C24H19N3O3S/c1-13-5-4-6-17(11-13)20-19(21(28)23-14(2)26-15(3)31-23)22(29)24(30)27(20)18-9-7-16(12-25)8-10-18/h4-11,20,29H,1-3H3. The van der Waals surface area contributed by atoms with Crippen molar-refractivity contribution >= 4 is 28.7 Å². The van der Waals surface area contributed by atoms with Gasteiger partial charge in [0.05, 0.1) is 38.8 Å². The summed E-state index contributed by atoms with van der Waals surface area (Å²) >= 11 is 1.24. The van der Waals surface area contributed by atoms with Gasteiger partial charge in [-0.2, -0.15) is 5.26 Å². The van der Waals surface area contributed by atoms with Gasteiger partial charge in [-0.05, 0) is 50.6 Å². The van der Waals surface area contributed by atoms with E-state index in [4.69, 9.17) is 5.26 Å². The third kappa shape index (κ3) is 3.51. The Hall–Kier alpha value is -3.76. The summed E-state index contributed by atoms with van der Waals surface area (Å²) in [5.74, 6) is -1.62. The van der Waals surface area contributed by atoms with Gasteiger partial charge in [-0.15, -0.1) is 11.3 Å². The second-order valence-corrected chi connectivity index (χ2v) is 8.59. The number of hydrogen-bond donors (Lipinski definition) is 1. The van der Waals surface area contributed by atoms with E-state index in [9.17, 15) is 14.7 Å². The quantitative estimate of drug-likeness (QED) is 0.606. The fraction of sp³-hybridized carbons (Fsp3) is 0.167. The van der Waals surface area contributed by atoms with Gasteiger partial charge in [-0.25, -0.2) is 4.98 Å². The van der Waals surface area contributed by atoms with Crippen LogP contribution in [0.1, 0.15) is 43.1 Å². The van der Waals surface area contributed by atoms with Crippen LogP contribution in [0, 0.1) is 32.1 Å². The van der Waals surface area contributed by atoms with Crippen LogP contribution in [0.15, 0.2) is 59.9 Å². The molecule has 1 aromatic heterocycles. The monoisotopic (exact) mass is 429 g/mol. The van der Waals surface area contributed by atoms with Gasteiger partial charge in [0.2, 0.25) is 5.78 Å². The number of carbonyl (C=O) groups excluding carboxylic acids is 2. The summed E-state index contributed by atoms with van der Waals surface area (Å²) in [6, 6.07) is 15.2. The molecule has 1 aliphatic heterocycles. The molecular formula is C24H19N3O3S. The molecule has 0 saturated heterocycles. The van der Waals surface area contributed by atoms with Crippen LogP contribution in [0.25, 0.3) is 0 Å². The topological polar surface area (TPSA) is 94.3 Å². The van der Waals surface area contributed by atoms with Gasteiger partial charge in [0.25, 0.3) is 5.91 Å². The zero-order valence-corrected chi connectivity index (χ0v) is 18.0. The Morgan fingerprint density at radius 2 is 1.87 bits per heavy atom. The zero-order valence-electron chi connectivity index (χ0n) is 17.2. The Kier molecular flexibility index (Phi) is 5.17. The predicted molar refractivity (Wildman–Crippen MR) is 118 cm³/mol. The lowest BCUT2D eigenvalue weighted by Crippen LogP contribution is -2.31. The summed E-state index contributed by atoms with van der Waals surface area (Å²) in [5.41, 5.74) is 3.22. The normalized spacial score (nSPS) is 16.0. The Morgan fingerprint density at radius 3 is 2.45 bits per heavy atom. The Morgan fingerprint density at radius 1 is 1.16 bits per heavy atom. The summed E-state index contributed by atoms with van der Waals surface area (Å²) in [4.78, 5) is 32.8. The minimum atomic E-state index is -0.797. The molecule has 6 nitrogen and oxygen atoms in total. The number of aryl methyl sites for hydroxylation is 3. The molecule has 4 rings (SSSR count). The number of aromatic nitrogens is 1. The maximum Gasteiger partial charge on any atom is 0.294 e. The lowest BCUT2D eigenvalue weighted by molar-refractivity contribution is -0.117. The van der Waals surface area contributed by atoms with E-state index in [0.29, 0.717) is 27.4 Å². The number of rotatable bonds is 4. The number of Topliss-reactive ketones (excluding diaryl/α,β-unsaturated/α-hetero) is 1. The summed E-state index contributed by atoms with van der Waals surface area (Å²) in [6.45, 7) is 5.48. The Balaban J connectivity index is 1.89. The van der Waals surface area contributed by atoms with Crippen LogP contribution in [-0.2, 0) is 4.79 Å². The van der Waals surface area contributed by atoms with Gasteiger partial charge in [0, 0.05) is 5.69 Å². The first-order valence-electron chi connectivity index (χ1n) is 9.64. The van der Waals surface area contributed by atoms with Gasteiger partial charge in [-0.3, -0.25) is 14.5 Å². The first-order chi connectivity index (χ1) is 14.8. The molecule has 0 spiro atoms. The SMILES string of the molecule is Cc1cccc(C2C(C(=O)c3sc(C)nc3C)=C(O)C(=O)N2c2ccc(C#N)cc2)c1. The van der Waals surface area contributed by atoms with E-state index in [1.165, 1.54) is 16.2 Å². The number of aliphatic hydroxyl groups is 1. The van der Waals surface area contributed by atoms with E-state index >= 15 is 0 Å². The number of carbonyl (C=O) groups is 2. The highest BCUT2D eigenvalue weighted by Gasteiger charge is 2.45. The molecule has 1 aliphatic rings. The molecule has 3 aromatic rings. The third-order valence-corrected chi connectivity index (χ3v) is 6.27. The molecule has 0 fully saturated rings. The van der Waals surface area contributed by atoms with Crippen LogP contribution in [0.2, 0.25) is 0 Å². The van der Waals surface area contributed by atoms with Gasteiger partial charge < -0.3 is 5.11 Å². The van der Waals surface area contributed by atoms with Crippen molar-refractivity contribution in [2.24, 2.45) is 0 Å². The number of amides is 1. The minimum Gasteiger partial charge on any atom is -0.503 e. The predicted octanol–water partition coefficient (Wildman–Crippen LogP) is 4.72. The highest BCUT2D eigenvalue weighted by atomic mass is 32.1. The first-order valence-corrected chi connectivity index (χ1v) is 10.5. The molecule has 0 saturated carbocycles. The van der Waals surface area contributed by atoms with Gasteiger partial charge >= 0.3 is 0 Å². The average Bonchev–Trinajstić information content (AvgIpc) is 3.23. The molecule has 31 heavy (non-hydrogen) atoms. The minimum absolute atomic E-state index is 0.0340. The first kappa shape index (κ1) is 20.5. The second-order valence-electron chi connectivity index (χ2n) is 7.39. The highest BCUT2D eigenvalue weighted by molar-refractivity contribution is 7.14. The van der Waals surface area contributed by atoms with Crippen molar-refractivity contribution < 1.29 is 14.7 Å². The third-order valence-electron chi connectivity index (χ3n) is 5.19. The van der Waals surface area contributed by atoms with Gasteiger partial charge in [0.15, 0.2) is 5.76 Å². The summed E-state index contributed by atoms with van der Waals surface area (Å²) in [6.07, 6.45) is 0. The Labute approximate surface area is 183 Å². The summed E-state index contributed by atoms with van der Waals surface area (Å²) in [5, 5.41) is 20.6. The molecule has 154 valence electrons. The maximum absolute atomic E-state index is 13.5. The molecule has 7 heteroatoms. The number of benzene rings is 2. The van der Waals surface area contributed by atoms with Crippen molar-refractivity contribution in [1.29, 1.82) is 5.26 Å². The van der Waals surface area contributed by atoms with Crippen LogP contribution in [0.5, 0.6) is 0 Å². The molecule has 2 aromatic carbocycles. The molecule has 1 atom stereocenters. The van der Waals surface area contributed by atoms with Crippen LogP contribution < -0.4 is 4.90 Å². The van der Waals surface area contributed by atoms with Crippen LogP contribution in [-0.4, -0.2) is 21.8 Å². The van der Waals surface area contributed by atoms with Crippen LogP contribution in [0.3, 0.4) is 0 Å². The molecule has 1 N–H and O–H groups in total. The number of ketones is 1. The molecule has 1 unspecified atom stereocenters. The van der Waals surface area contributed by atoms with Crippen molar-refractivity contribution in [3.63, 3.8) is 0 Å². The number of anilines is 1. The fourth-order valence-corrected chi connectivity index (χ4v) is 4.69. The lowest BCUT2D eigenvalue weighted by Gasteiger charge is -2.27. The molecule has 2 heterocycles. The van der Waals surface area contributed by atoms with Crippen molar-refractivity contribution in [3.8, 4) is 6.07 Å². The summed E-state index contributed by atoms with van der Waals surface area (Å²) in [7, 11) is 0. The second kappa shape index (κ2) is 7.82. The smallest absolute Gasteiger partial charge is 0.294 e. The van der Waals surface area contributed by atoms with E-state index in [2.05, 4.69) is 4.98 Å². The molecule has 0 radical (unpaired) electrons.